The van der Waals surface area contributed by atoms with Crippen LogP contribution in [0.1, 0.15) is 30.5 Å². The molecule has 0 radical (unpaired) electrons. The van der Waals surface area contributed by atoms with E-state index in [0.717, 1.165) is 13.0 Å². The third kappa shape index (κ3) is 2.97. The Morgan fingerprint density at radius 1 is 1.44 bits per heavy atom. The van der Waals surface area contributed by atoms with Gasteiger partial charge in [0, 0.05) is 48.9 Å². The van der Waals surface area contributed by atoms with E-state index in [-0.39, 0.29) is 0 Å². The predicted molar refractivity (Wildman–Crippen MR) is 74.7 cm³/mol. The van der Waals surface area contributed by atoms with Crippen LogP contribution in [-0.2, 0) is 13.0 Å². The van der Waals surface area contributed by atoms with Gasteiger partial charge >= 0.3 is 0 Å². The van der Waals surface area contributed by atoms with Gasteiger partial charge in [0.05, 0.1) is 11.3 Å². The average Bonchev–Trinajstić information content (AvgIpc) is 2.97. The topological polar surface area (TPSA) is 56.7 Å². The molecule has 4 nitrogen and oxygen atoms in total. The summed E-state index contributed by atoms with van der Waals surface area (Å²) in [5, 5.41) is 3.18. The zero-order valence-electron chi connectivity index (χ0n) is 10.9. The van der Waals surface area contributed by atoms with Crippen molar-refractivity contribution in [3.8, 4) is 0 Å². The summed E-state index contributed by atoms with van der Waals surface area (Å²) >= 11 is 1.70. The molecular weight excluding hydrogens is 244 g/mol. The summed E-state index contributed by atoms with van der Waals surface area (Å²) in [6.45, 7) is 6.00. The fourth-order valence-corrected chi connectivity index (χ4v) is 2.76. The molecule has 18 heavy (non-hydrogen) atoms. The maximum atomic E-state index is 5.87. The van der Waals surface area contributed by atoms with E-state index in [0.29, 0.717) is 18.4 Å². The first kappa shape index (κ1) is 13.2. The highest BCUT2D eigenvalue weighted by atomic mass is 32.1. The van der Waals surface area contributed by atoms with Crippen molar-refractivity contribution in [2.24, 2.45) is 11.7 Å². The number of nitrogens with two attached hydrogens (primary N) is 1. The average molecular weight is 264 g/mol. The maximum Gasteiger partial charge on any atom is 0.0948 e. The van der Waals surface area contributed by atoms with Crippen molar-refractivity contribution in [1.29, 1.82) is 0 Å². The van der Waals surface area contributed by atoms with Crippen molar-refractivity contribution in [2.45, 2.75) is 32.7 Å². The molecule has 1 atom stereocenters. The Kier molecular flexibility index (Phi) is 4.49. The molecule has 1 unspecified atom stereocenters. The van der Waals surface area contributed by atoms with Gasteiger partial charge in [0.25, 0.3) is 0 Å². The highest BCUT2D eigenvalue weighted by Gasteiger charge is 2.18. The largest absolute Gasteiger partial charge is 0.334 e. The number of hydrogen-bond acceptors (Lipinski definition) is 4. The minimum Gasteiger partial charge on any atom is -0.334 e. The van der Waals surface area contributed by atoms with Gasteiger partial charge in [-0.3, -0.25) is 0 Å². The Balaban J connectivity index is 2.07. The number of aryl methyl sites for hydroxylation is 2. The number of thiazole rings is 1. The van der Waals surface area contributed by atoms with Gasteiger partial charge in [0.2, 0.25) is 0 Å². The monoisotopic (exact) mass is 264 g/mol. The van der Waals surface area contributed by atoms with Gasteiger partial charge < -0.3 is 10.3 Å². The van der Waals surface area contributed by atoms with E-state index in [1.165, 1.54) is 10.7 Å². The minimum atomic E-state index is 0.379. The van der Waals surface area contributed by atoms with Gasteiger partial charge in [-0.25, -0.2) is 9.97 Å². The van der Waals surface area contributed by atoms with Crippen LogP contribution < -0.4 is 5.73 Å². The van der Waals surface area contributed by atoms with E-state index in [4.69, 9.17) is 5.73 Å². The molecule has 2 aromatic rings. The highest BCUT2D eigenvalue weighted by molar-refractivity contribution is 7.09. The Morgan fingerprint density at radius 2 is 2.28 bits per heavy atom. The van der Waals surface area contributed by atoms with Crippen molar-refractivity contribution >= 4 is 11.3 Å². The van der Waals surface area contributed by atoms with Crippen LogP contribution in [0.5, 0.6) is 0 Å². The smallest absolute Gasteiger partial charge is 0.0948 e. The highest BCUT2D eigenvalue weighted by Crippen LogP contribution is 2.23. The Hall–Kier alpha value is -1.20. The Morgan fingerprint density at radius 3 is 2.89 bits per heavy atom. The van der Waals surface area contributed by atoms with E-state index < -0.39 is 0 Å². The fraction of sp³-hybridized carbons (Fsp3) is 0.538. The standard InChI is InChI=1S/C13H20N4S/c1-10(2)11(7-14)12-8-15-9-17(12)5-3-13-16-4-6-18-13/h4,6,8-11H,3,5,7,14H2,1-2H3. The number of hydrogen-bond donors (Lipinski definition) is 1. The summed E-state index contributed by atoms with van der Waals surface area (Å²) in [6, 6.07) is 0. The summed E-state index contributed by atoms with van der Waals surface area (Å²) in [6.07, 6.45) is 6.65. The van der Waals surface area contributed by atoms with E-state index >= 15 is 0 Å². The molecule has 0 aliphatic carbocycles. The summed E-state index contributed by atoms with van der Waals surface area (Å²) in [7, 11) is 0. The van der Waals surface area contributed by atoms with Crippen molar-refractivity contribution in [3.05, 3.63) is 34.8 Å². The van der Waals surface area contributed by atoms with Crippen LogP contribution in [-0.4, -0.2) is 21.1 Å². The molecule has 2 heterocycles. The van der Waals surface area contributed by atoms with Crippen LogP contribution in [0, 0.1) is 5.92 Å². The normalized spacial score (nSPS) is 13.1. The van der Waals surface area contributed by atoms with E-state index in [9.17, 15) is 0 Å². The fourth-order valence-electron chi connectivity index (χ4n) is 2.15. The van der Waals surface area contributed by atoms with Gasteiger partial charge in [-0.05, 0) is 5.92 Å². The molecule has 0 saturated carbocycles. The second-order valence-corrected chi connectivity index (χ2v) is 5.75. The summed E-state index contributed by atoms with van der Waals surface area (Å²) in [4.78, 5) is 8.57. The molecule has 2 N–H and O–H groups in total. The van der Waals surface area contributed by atoms with E-state index in [1.807, 2.05) is 24.1 Å². The van der Waals surface area contributed by atoms with Gasteiger partial charge in [-0.15, -0.1) is 11.3 Å². The third-order valence-electron chi connectivity index (χ3n) is 3.23. The molecule has 0 fully saturated rings. The number of aromatic nitrogens is 3. The molecule has 0 spiro atoms. The van der Waals surface area contributed by atoms with E-state index in [2.05, 4.69) is 28.4 Å². The predicted octanol–water partition coefficient (Wildman–Crippen LogP) is 2.28. The zero-order chi connectivity index (χ0) is 13.0. The van der Waals surface area contributed by atoms with E-state index in [1.54, 1.807) is 11.3 Å². The molecule has 0 aliphatic rings. The van der Waals surface area contributed by atoms with Crippen LogP contribution in [0.2, 0.25) is 0 Å². The maximum absolute atomic E-state index is 5.87. The number of rotatable bonds is 6. The SMILES string of the molecule is CC(C)C(CN)c1cncn1CCc1nccs1. The quantitative estimate of drug-likeness (QED) is 0.871. The van der Waals surface area contributed by atoms with Crippen LogP contribution in [0.3, 0.4) is 0 Å². The van der Waals surface area contributed by atoms with Crippen molar-refractivity contribution in [3.63, 3.8) is 0 Å². The summed E-state index contributed by atoms with van der Waals surface area (Å²) < 4.78 is 2.21. The molecule has 2 aromatic heterocycles. The molecule has 0 amide bonds. The Labute approximate surface area is 112 Å². The van der Waals surface area contributed by atoms with Crippen molar-refractivity contribution < 1.29 is 0 Å². The summed E-state index contributed by atoms with van der Waals surface area (Å²) in [5.41, 5.74) is 7.11. The molecular formula is C13H20N4S. The lowest BCUT2D eigenvalue weighted by Gasteiger charge is -2.20. The second-order valence-electron chi connectivity index (χ2n) is 4.77. The van der Waals surface area contributed by atoms with Crippen molar-refractivity contribution in [2.75, 3.05) is 6.54 Å². The molecule has 98 valence electrons. The van der Waals surface area contributed by atoms with Crippen LogP contribution >= 0.6 is 11.3 Å². The second kappa shape index (κ2) is 6.11. The number of imidazole rings is 1. The Bertz CT molecular complexity index is 461. The third-order valence-corrected chi connectivity index (χ3v) is 4.07. The van der Waals surface area contributed by atoms with Gasteiger partial charge in [-0.1, -0.05) is 13.8 Å². The molecule has 2 rings (SSSR count). The van der Waals surface area contributed by atoms with Crippen molar-refractivity contribution in [1.82, 2.24) is 14.5 Å². The lowest BCUT2D eigenvalue weighted by Crippen LogP contribution is -2.21. The molecule has 0 aliphatic heterocycles. The van der Waals surface area contributed by atoms with Crippen LogP contribution in [0.25, 0.3) is 0 Å². The number of nitrogens with zero attached hydrogens (tertiary/aromatic N) is 3. The lowest BCUT2D eigenvalue weighted by atomic mass is 9.93. The first-order chi connectivity index (χ1) is 8.72. The van der Waals surface area contributed by atoms with Crippen LogP contribution in [0.4, 0.5) is 0 Å². The first-order valence-electron chi connectivity index (χ1n) is 6.30. The molecule has 5 heteroatoms. The lowest BCUT2D eigenvalue weighted by molar-refractivity contribution is 0.471. The van der Waals surface area contributed by atoms with Gasteiger partial charge in [0.15, 0.2) is 0 Å². The molecule has 0 bridgehead atoms. The zero-order valence-corrected chi connectivity index (χ0v) is 11.7. The van der Waals surface area contributed by atoms with Gasteiger partial charge in [0.1, 0.15) is 0 Å². The van der Waals surface area contributed by atoms with Crippen LogP contribution in [0.15, 0.2) is 24.1 Å². The molecule has 0 aromatic carbocycles. The first-order valence-corrected chi connectivity index (χ1v) is 7.18. The minimum absolute atomic E-state index is 0.379. The van der Waals surface area contributed by atoms with Gasteiger partial charge in [-0.2, -0.15) is 0 Å². The summed E-state index contributed by atoms with van der Waals surface area (Å²) in [5.74, 6) is 0.911. The molecule has 0 saturated heterocycles.